The third-order valence-corrected chi connectivity index (χ3v) is 8.89. The summed E-state index contributed by atoms with van der Waals surface area (Å²) in [6.07, 6.45) is 0.000680. The first-order chi connectivity index (χ1) is 24.0. The zero-order chi connectivity index (χ0) is 37.2. The number of fused-ring (bicyclic) bond motifs is 1. The van der Waals surface area contributed by atoms with Gasteiger partial charge >= 0.3 is 12.1 Å². The van der Waals surface area contributed by atoms with E-state index in [-0.39, 0.29) is 12.5 Å². The second-order valence-corrected chi connectivity index (χ2v) is 14.4. The van der Waals surface area contributed by atoms with Crippen LogP contribution in [0.15, 0.2) is 48.5 Å². The summed E-state index contributed by atoms with van der Waals surface area (Å²) >= 11 is 0. The average molecular weight is 706 g/mol. The van der Waals surface area contributed by atoms with Crippen molar-refractivity contribution in [2.75, 3.05) is 30.9 Å². The van der Waals surface area contributed by atoms with Crippen molar-refractivity contribution >= 4 is 29.3 Å². The van der Waals surface area contributed by atoms with Gasteiger partial charge in [-0.05, 0) is 89.8 Å². The van der Waals surface area contributed by atoms with Crippen LogP contribution in [0.1, 0.15) is 71.9 Å². The standard InChI is InChI=1S/C39H48FN3O8/c1-10-33(50-35(44)30-12-11-19-43(30)37(46)51-38(3,4)5)49-25-15-16-27(32(21-25)47-9)26-17-18-29-34(42(8)36(45)39(6,7)41-29)28(26)22-48-31-20-24(40)14-13-23(31)2/h13-18,20-21,30,33,41H,10-12,19,22H2,1-9H3/t30-,33-/m0/s1. The van der Waals surface area contributed by atoms with Crippen molar-refractivity contribution in [1.29, 1.82) is 0 Å². The van der Waals surface area contributed by atoms with Crippen molar-refractivity contribution in [1.82, 2.24) is 4.90 Å². The summed E-state index contributed by atoms with van der Waals surface area (Å²) in [5.41, 5.74) is 2.74. The van der Waals surface area contributed by atoms with E-state index in [2.05, 4.69) is 5.32 Å². The van der Waals surface area contributed by atoms with Crippen molar-refractivity contribution < 1.29 is 42.5 Å². The normalized spacial score (nSPS) is 17.3. The number of carbonyl (C=O) groups excluding carboxylic acids is 3. The number of esters is 1. The van der Waals surface area contributed by atoms with Crippen LogP contribution < -0.4 is 24.4 Å². The Balaban J connectivity index is 1.43. The van der Waals surface area contributed by atoms with Crippen molar-refractivity contribution in [3.05, 3.63) is 65.5 Å². The Hall–Kier alpha value is -5.00. The van der Waals surface area contributed by atoms with Gasteiger partial charge in [-0.1, -0.05) is 19.1 Å². The first kappa shape index (κ1) is 37.3. The number of methoxy groups -OCH3 is 1. The van der Waals surface area contributed by atoms with Crippen LogP contribution in [-0.4, -0.2) is 67.0 Å². The number of nitrogens with zero attached hydrogens (tertiary/aromatic N) is 2. The number of anilines is 2. The molecule has 0 radical (unpaired) electrons. The maximum absolute atomic E-state index is 14.2. The molecule has 2 aliphatic heterocycles. The van der Waals surface area contributed by atoms with Gasteiger partial charge in [0.2, 0.25) is 6.29 Å². The molecule has 1 saturated heterocycles. The lowest BCUT2D eigenvalue weighted by Crippen LogP contribution is -2.52. The predicted octanol–water partition coefficient (Wildman–Crippen LogP) is 7.61. The molecule has 0 spiro atoms. The Morgan fingerprint density at radius 2 is 1.78 bits per heavy atom. The molecule has 1 fully saturated rings. The van der Waals surface area contributed by atoms with Crippen LogP contribution in [0, 0.1) is 12.7 Å². The van der Waals surface area contributed by atoms with E-state index in [4.69, 9.17) is 23.7 Å². The second-order valence-electron chi connectivity index (χ2n) is 14.4. The maximum atomic E-state index is 14.2. The molecule has 274 valence electrons. The fraction of sp³-hybridized carbons (Fsp3) is 0.462. The van der Waals surface area contributed by atoms with E-state index in [1.165, 1.54) is 24.1 Å². The highest BCUT2D eigenvalue weighted by molar-refractivity contribution is 6.08. The lowest BCUT2D eigenvalue weighted by molar-refractivity contribution is -0.169. The molecule has 51 heavy (non-hydrogen) atoms. The van der Waals surface area contributed by atoms with Crippen LogP contribution in [-0.2, 0) is 25.7 Å². The number of carbonyl (C=O) groups is 3. The van der Waals surface area contributed by atoms with E-state index in [0.717, 1.165) is 16.8 Å². The fourth-order valence-corrected chi connectivity index (χ4v) is 6.38. The summed E-state index contributed by atoms with van der Waals surface area (Å²) in [6, 6.07) is 12.7. The van der Waals surface area contributed by atoms with E-state index >= 15 is 0 Å². The second kappa shape index (κ2) is 14.7. The number of aryl methyl sites for hydroxylation is 1. The van der Waals surface area contributed by atoms with E-state index in [1.54, 1.807) is 50.9 Å². The van der Waals surface area contributed by atoms with Crippen molar-refractivity contribution in [3.8, 4) is 28.4 Å². The molecular formula is C39H48FN3O8. The molecule has 1 N–H and O–H groups in total. The summed E-state index contributed by atoms with van der Waals surface area (Å²) in [6.45, 7) is 13.1. The van der Waals surface area contributed by atoms with E-state index < -0.39 is 41.4 Å². The first-order valence-electron chi connectivity index (χ1n) is 17.2. The van der Waals surface area contributed by atoms with Gasteiger partial charge in [0, 0.05) is 43.3 Å². The first-order valence-corrected chi connectivity index (χ1v) is 17.2. The molecule has 0 bridgehead atoms. The smallest absolute Gasteiger partial charge is 0.411 e. The number of hydrogen-bond donors (Lipinski definition) is 1. The molecule has 2 aliphatic rings. The van der Waals surface area contributed by atoms with Gasteiger partial charge < -0.3 is 33.9 Å². The zero-order valence-electron chi connectivity index (χ0n) is 30.8. The van der Waals surface area contributed by atoms with E-state index in [1.807, 2.05) is 45.9 Å². The Morgan fingerprint density at radius 3 is 2.47 bits per heavy atom. The van der Waals surface area contributed by atoms with Gasteiger partial charge in [-0.25, -0.2) is 14.0 Å². The van der Waals surface area contributed by atoms with Gasteiger partial charge in [-0.3, -0.25) is 9.69 Å². The van der Waals surface area contributed by atoms with Gasteiger partial charge in [-0.15, -0.1) is 0 Å². The Morgan fingerprint density at radius 1 is 1.06 bits per heavy atom. The zero-order valence-corrected chi connectivity index (χ0v) is 30.8. The summed E-state index contributed by atoms with van der Waals surface area (Å²) in [7, 11) is 3.26. The van der Waals surface area contributed by atoms with Gasteiger partial charge in [0.15, 0.2) is 0 Å². The quantitative estimate of drug-likeness (QED) is 0.168. The van der Waals surface area contributed by atoms with Crippen LogP contribution in [0.25, 0.3) is 11.1 Å². The molecule has 0 aromatic heterocycles. The van der Waals surface area contributed by atoms with Crippen LogP contribution in [0.4, 0.5) is 20.6 Å². The number of ether oxygens (including phenoxy) is 5. The molecular weight excluding hydrogens is 657 g/mol. The molecule has 2 heterocycles. The minimum atomic E-state index is -0.926. The number of hydrogen-bond acceptors (Lipinski definition) is 9. The molecule has 3 aromatic rings. The molecule has 11 nitrogen and oxygen atoms in total. The van der Waals surface area contributed by atoms with Gasteiger partial charge in [0.05, 0.1) is 18.5 Å². The number of halogens is 1. The average Bonchev–Trinajstić information content (AvgIpc) is 3.57. The number of likely N-dealkylation sites (N-methyl/N-ethyl adjacent to an activating group) is 1. The molecule has 5 rings (SSSR count). The predicted molar refractivity (Wildman–Crippen MR) is 192 cm³/mol. The minimum absolute atomic E-state index is 0.0271. The Bertz CT molecular complexity index is 1800. The number of nitrogens with one attached hydrogen (secondary N) is 1. The summed E-state index contributed by atoms with van der Waals surface area (Å²) in [5, 5.41) is 3.35. The molecule has 0 aliphatic carbocycles. The van der Waals surface area contributed by atoms with Crippen molar-refractivity contribution in [2.24, 2.45) is 0 Å². The Labute approximate surface area is 298 Å². The summed E-state index contributed by atoms with van der Waals surface area (Å²) in [4.78, 5) is 42.5. The third kappa shape index (κ3) is 8.16. The fourth-order valence-electron chi connectivity index (χ4n) is 6.38. The minimum Gasteiger partial charge on any atom is -0.496 e. The molecule has 3 aromatic carbocycles. The molecule has 2 atom stereocenters. The number of benzene rings is 3. The van der Waals surface area contributed by atoms with E-state index in [9.17, 15) is 18.8 Å². The largest absolute Gasteiger partial charge is 0.496 e. The molecule has 0 unspecified atom stereocenters. The molecule has 12 heteroatoms. The van der Waals surface area contributed by atoms with Gasteiger partial charge in [0.1, 0.15) is 46.9 Å². The SMILES string of the molecule is CC[C@H](OC(=O)[C@@H]1CCCN1C(=O)OC(C)(C)C)Oc1ccc(-c2ccc3c(c2COc2cc(F)ccc2C)N(C)C(=O)C(C)(C)N3)c(OC)c1. The monoisotopic (exact) mass is 705 g/mol. The number of rotatable bonds is 10. The van der Waals surface area contributed by atoms with Gasteiger partial charge in [-0.2, -0.15) is 0 Å². The topological polar surface area (TPSA) is 116 Å². The maximum Gasteiger partial charge on any atom is 0.411 e. The summed E-state index contributed by atoms with van der Waals surface area (Å²) in [5.74, 6) is 0.140. The van der Waals surface area contributed by atoms with Crippen LogP contribution in [0.3, 0.4) is 0 Å². The highest BCUT2D eigenvalue weighted by Crippen LogP contribution is 2.45. The number of likely N-dealkylation sites (tertiary alicyclic amines) is 1. The number of amides is 2. The highest BCUT2D eigenvalue weighted by atomic mass is 19.1. The highest BCUT2D eigenvalue weighted by Gasteiger charge is 2.40. The Kier molecular flexibility index (Phi) is 10.7. The van der Waals surface area contributed by atoms with Gasteiger partial charge in [0.25, 0.3) is 5.91 Å². The van der Waals surface area contributed by atoms with E-state index in [0.29, 0.717) is 59.9 Å². The van der Waals surface area contributed by atoms with Crippen molar-refractivity contribution in [2.45, 2.75) is 97.8 Å². The lowest BCUT2D eigenvalue weighted by atomic mass is 9.91. The molecule has 2 amide bonds. The summed E-state index contributed by atoms with van der Waals surface area (Å²) < 4.78 is 43.6. The van der Waals surface area contributed by atoms with Crippen LogP contribution in [0.2, 0.25) is 0 Å². The third-order valence-electron chi connectivity index (χ3n) is 8.89. The lowest BCUT2D eigenvalue weighted by Gasteiger charge is -2.39. The van der Waals surface area contributed by atoms with Crippen LogP contribution >= 0.6 is 0 Å². The van der Waals surface area contributed by atoms with Crippen molar-refractivity contribution in [3.63, 3.8) is 0 Å². The molecule has 0 saturated carbocycles. The van der Waals surface area contributed by atoms with Crippen LogP contribution in [0.5, 0.6) is 17.2 Å².